The van der Waals surface area contributed by atoms with E-state index in [4.69, 9.17) is 14.2 Å². The van der Waals surface area contributed by atoms with Crippen LogP contribution >= 0.6 is 0 Å². The van der Waals surface area contributed by atoms with E-state index >= 15 is 0 Å². The number of hydrogen-bond acceptors (Lipinski definition) is 8. The fraction of sp³-hybridized carbons (Fsp3) is 0.295. The standard InChI is InChI=1S/C44H48N4O6/c1-48(25-23-37-13-8-9-24-45-37)29-38-27-41(34-17-15-32(30-49)16-18-34)54-43(53-38)35-21-19-33(20-22-35)39-14-7-6-12-36(39)28-46-44(51)47-40(42(50)52-2)26-31-10-4-3-5-11-31/h3-22,24,38,40-41,43,49H,23,25-30H2,1-2H3,(H2,46,47,51)/t38-,40+,41+,43+/m1/s1. The fourth-order valence-electron chi connectivity index (χ4n) is 6.67. The third-order valence-corrected chi connectivity index (χ3v) is 9.63. The van der Waals surface area contributed by atoms with Crippen molar-refractivity contribution in [2.24, 2.45) is 0 Å². The Balaban J connectivity index is 1.12. The Morgan fingerprint density at radius 1 is 0.870 bits per heavy atom. The van der Waals surface area contributed by atoms with Gasteiger partial charge in [-0.1, -0.05) is 109 Å². The lowest BCUT2D eigenvalue weighted by Gasteiger charge is -2.38. The number of nitrogens with zero attached hydrogens (tertiary/aromatic N) is 2. The Morgan fingerprint density at radius 3 is 2.31 bits per heavy atom. The molecule has 0 radical (unpaired) electrons. The van der Waals surface area contributed by atoms with Gasteiger partial charge in [0.05, 0.1) is 25.9 Å². The molecule has 1 saturated heterocycles. The number of methoxy groups -OCH3 is 1. The van der Waals surface area contributed by atoms with Gasteiger partial charge in [0.2, 0.25) is 0 Å². The lowest BCUT2D eigenvalue weighted by molar-refractivity contribution is -0.252. The van der Waals surface area contributed by atoms with E-state index in [0.717, 1.165) is 64.1 Å². The Hall–Kier alpha value is -5.39. The van der Waals surface area contributed by atoms with E-state index in [1.165, 1.54) is 7.11 Å². The van der Waals surface area contributed by atoms with E-state index in [1.807, 2.05) is 128 Å². The van der Waals surface area contributed by atoms with Crippen LogP contribution in [-0.4, -0.2) is 66.4 Å². The molecule has 5 aromatic rings. The number of aliphatic hydroxyl groups is 1. The van der Waals surface area contributed by atoms with Crippen molar-refractivity contribution in [1.29, 1.82) is 0 Å². The van der Waals surface area contributed by atoms with Crippen LogP contribution in [0.3, 0.4) is 0 Å². The molecule has 10 nitrogen and oxygen atoms in total. The van der Waals surface area contributed by atoms with Gasteiger partial charge in [-0.25, -0.2) is 9.59 Å². The second kappa shape index (κ2) is 19.1. The topological polar surface area (TPSA) is 122 Å². The van der Waals surface area contributed by atoms with Gasteiger partial charge in [-0.05, 0) is 52.6 Å². The third kappa shape index (κ3) is 10.6. The summed E-state index contributed by atoms with van der Waals surface area (Å²) in [4.78, 5) is 32.2. The Bertz CT molecular complexity index is 1930. The molecule has 6 rings (SSSR count). The molecule has 54 heavy (non-hydrogen) atoms. The van der Waals surface area contributed by atoms with Crippen LogP contribution in [0, 0.1) is 0 Å². The summed E-state index contributed by atoms with van der Waals surface area (Å²) >= 11 is 0. The van der Waals surface area contributed by atoms with E-state index in [9.17, 15) is 14.7 Å². The molecule has 0 aliphatic carbocycles. The molecule has 1 aliphatic heterocycles. The highest BCUT2D eigenvalue weighted by Crippen LogP contribution is 2.39. The number of pyridine rings is 1. The molecule has 280 valence electrons. The predicted octanol–water partition coefficient (Wildman–Crippen LogP) is 6.54. The van der Waals surface area contributed by atoms with Crippen LogP contribution in [0.25, 0.3) is 11.1 Å². The van der Waals surface area contributed by atoms with Crippen LogP contribution in [0.15, 0.2) is 128 Å². The second-order valence-corrected chi connectivity index (χ2v) is 13.6. The summed E-state index contributed by atoms with van der Waals surface area (Å²) in [6.07, 6.45) is 2.84. The van der Waals surface area contributed by atoms with Gasteiger partial charge in [0.1, 0.15) is 6.04 Å². The number of rotatable bonds is 15. The molecule has 10 heteroatoms. The number of likely N-dealkylation sites (N-methyl/N-ethyl adjacent to an activating group) is 1. The van der Waals surface area contributed by atoms with Gasteiger partial charge in [0, 0.05) is 56.4 Å². The minimum absolute atomic E-state index is 0.00934. The summed E-state index contributed by atoms with van der Waals surface area (Å²) in [7, 11) is 3.42. The molecule has 3 N–H and O–H groups in total. The Kier molecular flexibility index (Phi) is 13.6. The number of carbonyl (C=O) groups is 2. The van der Waals surface area contributed by atoms with Crippen molar-refractivity contribution >= 4 is 12.0 Å². The van der Waals surface area contributed by atoms with E-state index in [1.54, 1.807) is 0 Å². The average molecular weight is 729 g/mol. The van der Waals surface area contributed by atoms with Gasteiger partial charge in [-0.2, -0.15) is 0 Å². The molecule has 1 aliphatic rings. The summed E-state index contributed by atoms with van der Waals surface area (Å²) in [6, 6.07) is 38.1. The normalized spacial score (nSPS) is 17.4. The third-order valence-electron chi connectivity index (χ3n) is 9.63. The van der Waals surface area contributed by atoms with Crippen molar-refractivity contribution in [3.63, 3.8) is 0 Å². The first-order valence-electron chi connectivity index (χ1n) is 18.3. The highest BCUT2D eigenvalue weighted by Gasteiger charge is 2.33. The first-order valence-corrected chi connectivity index (χ1v) is 18.3. The molecule has 1 aromatic heterocycles. The zero-order valence-corrected chi connectivity index (χ0v) is 30.8. The lowest BCUT2D eigenvalue weighted by Crippen LogP contribution is -2.47. The first kappa shape index (κ1) is 38.3. The van der Waals surface area contributed by atoms with Crippen LogP contribution < -0.4 is 10.6 Å². The van der Waals surface area contributed by atoms with Crippen LogP contribution in [0.5, 0.6) is 0 Å². The molecule has 2 heterocycles. The van der Waals surface area contributed by atoms with Gasteiger partial charge < -0.3 is 34.9 Å². The highest BCUT2D eigenvalue weighted by atomic mass is 16.7. The number of ether oxygens (including phenoxy) is 3. The molecule has 1 fully saturated rings. The number of urea groups is 1. The second-order valence-electron chi connectivity index (χ2n) is 13.6. The van der Waals surface area contributed by atoms with Crippen molar-refractivity contribution in [2.45, 2.75) is 57.0 Å². The van der Waals surface area contributed by atoms with Gasteiger partial charge in [-0.3, -0.25) is 4.98 Å². The van der Waals surface area contributed by atoms with Gasteiger partial charge in [0.25, 0.3) is 0 Å². The van der Waals surface area contributed by atoms with Crippen molar-refractivity contribution in [1.82, 2.24) is 20.5 Å². The number of amides is 2. The van der Waals surface area contributed by atoms with Crippen LogP contribution in [-0.2, 0) is 45.0 Å². The SMILES string of the molecule is COC(=O)[C@H](Cc1ccccc1)NC(=O)NCc1ccccc1-c1ccc([C@H]2O[C@@H](CN(C)CCc3ccccn3)C[C@@H](c3ccc(CO)cc3)O2)cc1. The fourth-order valence-corrected chi connectivity index (χ4v) is 6.67. The number of benzene rings is 4. The molecule has 4 aromatic carbocycles. The number of aromatic nitrogens is 1. The van der Waals surface area contributed by atoms with Crippen molar-refractivity contribution in [2.75, 3.05) is 27.2 Å². The highest BCUT2D eigenvalue weighted by molar-refractivity contribution is 5.84. The molecular formula is C44H48N4O6. The van der Waals surface area contributed by atoms with Crippen molar-refractivity contribution < 1.29 is 28.9 Å². The molecule has 2 amide bonds. The van der Waals surface area contributed by atoms with E-state index in [2.05, 4.69) is 27.6 Å². The summed E-state index contributed by atoms with van der Waals surface area (Å²) in [6.45, 7) is 1.83. The van der Waals surface area contributed by atoms with Gasteiger partial charge in [-0.15, -0.1) is 0 Å². The zero-order chi connectivity index (χ0) is 37.7. The molecule has 0 bridgehead atoms. The molecule has 4 atom stereocenters. The molecule has 0 saturated carbocycles. The monoisotopic (exact) mass is 728 g/mol. The zero-order valence-electron chi connectivity index (χ0n) is 30.8. The Labute approximate surface area is 317 Å². The number of esters is 1. The van der Waals surface area contributed by atoms with Gasteiger partial charge >= 0.3 is 12.0 Å². The largest absolute Gasteiger partial charge is 0.467 e. The first-order chi connectivity index (χ1) is 26.4. The van der Waals surface area contributed by atoms with Crippen LogP contribution in [0.2, 0.25) is 0 Å². The minimum atomic E-state index is -0.824. The Morgan fingerprint density at radius 2 is 1.59 bits per heavy atom. The summed E-state index contributed by atoms with van der Waals surface area (Å²) in [5.41, 5.74) is 7.64. The maximum absolute atomic E-state index is 13.0. The maximum Gasteiger partial charge on any atom is 0.328 e. The van der Waals surface area contributed by atoms with Crippen LogP contribution in [0.4, 0.5) is 4.79 Å². The quantitative estimate of drug-likeness (QED) is 0.104. The molecule has 0 unspecified atom stereocenters. The number of carbonyl (C=O) groups excluding carboxylic acids is 2. The van der Waals surface area contributed by atoms with E-state index in [0.29, 0.717) is 12.8 Å². The number of hydrogen-bond donors (Lipinski definition) is 3. The average Bonchev–Trinajstić information content (AvgIpc) is 3.22. The number of nitrogens with one attached hydrogen (secondary N) is 2. The van der Waals surface area contributed by atoms with Crippen molar-refractivity contribution in [3.05, 3.63) is 161 Å². The predicted molar refractivity (Wildman–Crippen MR) is 207 cm³/mol. The maximum atomic E-state index is 13.0. The smallest absolute Gasteiger partial charge is 0.328 e. The lowest BCUT2D eigenvalue weighted by atomic mass is 9.97. The minimum Gasteiger partial charge on any atom is -0.467 e. The summed E-state index contributed by atoms with van der Waals surface area (Å²) < 4.78 is 18.2. The van der Waals surface area contributed by atoms with Crippen molar-refractivity contribution in [3.8, 4) is 11.1 Å². The summed E-state index contributed by atoms with van der Waals surface area (Å²) in [5.74, 6) is -0.509. The van der Waals surface area contributed by atoms with E-state index in [-0.39, 0.29) is 25.4 Å². The number of aliphatic hydroxyl groups excluding tert-OH is 1. The van der Waals surface area contributed by atoms with E-state index < -0.39 is 24.3 Å². The molecule has 0 spiro atoms. The van der Waals surface area contributed by atoms with Gasteiger partial charge in [0.15, 0.2) is 6.29 Å². The van der Waals surface area contributed by atoms with Crippen LogP contribution in [0.1, 0.15) is 52.3 Å². The summed E-state index contributed by atoms with van der Waals surface area (Å²) in [5, 5.41) is 15.3. The molecular weight excluding hydrogens is 681 g/mol.